The van der Waals surface area contributed by atoms with Crippen molar-refractivity contribution in [1.29, 1.82) is 0 Å². The molecule has 5 nitrogen and oxygen atoms in total. The highest BCUT2D eigenvalue weighted by atomic mass is 127. The second-order valence-electron chi connectivity index (χ2n) is 8.54. The summed E-state index contributed by atoms with van der Waals surface area (Å²) in [6.07, 6.45) is 6.73. The number of guanidine groups is 1. The van der Waals surface area contributed by atoms with Crippen molar-refractivity contribution >= 4 is 41.5 Å². The van der Waals surface area contributed by atoms with Crippen LogP contribution in [-0.4, -0.2) is 67.6 Å². The van der Waals surface area contributed by atoms with Gasteiger partial charge in [0, 0.05) is 50.3 Å². The van der Waals surface area contributed by atoms with Crippen LogP contribution in [0.15, 0.2) is 41.9 Å². The Labute approximate surface area is 210 Å². The lowest BCUT2D eigenvalue weighted by Crippen LogP contribution is -2.48. The maximum atomic E-state index is 6.32. The number of nitrogens with zero attached hydrogens (tertiary/aromatic N) is 3. The van der Waals surface area contributed by atoms with Crippen molar-refractivity contribution in [2.24, 2.45) is 10.9 Å². The van der Waals surface area contributed by atoms with Crippen molar-refractivity contribution in [3.05, 3.63) is 47.5 Å². The third kappa shape index (κ3) is 8.91. The zero-order valence-corrected chi connectivity index (χ0v) is 21.9. The Morgan fingerprint density at radius 1 is 1.13 bits per heavy atom. The fourth-order valence-electron chi connectivity index (χ4n) is 4.37. The summed E-state index contributed by atoms with van der Waals surface area (Å²) in [5.41, 5.74) is 1.23. The van der Waals surface area contributed by atoms with Gasteiger partial charge >= 0.3 is 0 Å². The molecule has 1 aromatic rings. The molecule has 2 aliphatic heterocycles. The van der Waals surface area contributed by atoms with Crippen molar-refractivity contribution in [2.45, 2.75) is 45.2 Å². The Morgan fingerprint density at radius 2 is 1.81 bits per heavy atom. The Balaban J connectivity index is 0.00000341. The van der Waals surface area contributed by atoms with Gasteiger partial charge in [-0.1, -0.05) is 35.9 Å². The predicted octanol–water partition coefficient (Wildman–Crippen LogP) is 4.38. The Hall–Kier alpha value is -0.830. The van der Waals surface area contributed by atoms with Crippen molar-refractivity contribution < 1.29 is 0 Å². The third-order valence-electron chi connectivity index (χ3n) is 6.23. The fraction of sp³-hybridized carbons (Fsp3) is 0.625. The van der Waals surface area contributed by atoms with Crippen LogP contribution in [0.2, 0.25) is 5.02 Å². The van der Waals surface area contributed by atoms with Gasteiger partial charge in [0.2, 0.25) is 0 Å². The van der Waals surface area contributed by atoms with E-state index in [0.717, 1.165) is 63.3 Å². The van der Waals surface area contributed by atoms with Gasteiger partial charge in [0.05, 0.1) is 0 Å². The predicted molar refractivity (Wildman–Crippen MR) is 144 cm³/mol. The molecular formula is C24H39ClIN5. The first-order valence-corrected chi connectivity index (χ1v) is 11.9. The average molecular weight is 560 g/mol. The summed E-state index contributed by atoms with van der Waals surface area (Å²) in [6, 6.07) is 8.70. The molecule has 1 aromatic carbocycles. The molecule has 3 rings (SSSR count). The number of halogens is 2. The zero-order valence-electron chi connectivity index (χ0n) is 18.9. The quantitative estimate of drug-likeness (QED) is 0.215. The van der Waals surface area contributed by atoms with Crippen molar-refractivity contribution in [1.82, 2.24) is 20.4 Å². The van der Waals surface area contributed by atoms with Gasteiger partial charge < -0.3 is 10.6 Å². The molecule has 0 radical (unpaired) electrons. The monoisotopic (exact) mass is 559 g/mol. The lowest BCUT2D eigenvalue weighted by atomic mass is 9.96. The molecule has 0 unspecified atom stereocenters. The summed E-state index contributed by atoms with van der Waals surface area (Å²) >= 11 is 6.32. The van der Waals surface area contributed by atoms with E-state index in [0.29, 0.717) is 12.0 Å². The zero-order chi connectivity index (χ0) is 21.2. The smallest absolute Gasteiger partial charge is 0.191 e. The molecule has 0 amide bonds. The summed E-state index contributed by atoms with van der Waals surface area (Å²) in [6.45, 7) is 14.2. The number of likely N-dealkylation sites (tertiary alicyclic amines) is 2. The standard InChI is InChI=1S/C24H38ClN5.HI/c1-3-13-29-16-11-22(12-17-29)28-24(26-4-2)27-18-20-9-14-30(15-10-20)19-21-7-5-6-8-23(21)25;/h3,5-8,20,22H,1,4,9-19H2,2H3,(H2,26,27,28);1H. The largest absolute Gasteiger partial charge is 0.357 e. The maximum absolute atomic E-state index is 6.32. The first-order valence-electron chi connectivity index (χ1n) is 11.5. The molecule has 2 saturated heterocycles. The van der Waals surface area contributed by atoms with Gasteiger partial charge in [-0.3, -0.25) is 14.8 Å². The van der Waals surface area contributed by atoms with E-state index in [1.165, 1.54) is 31.2 Å². The van der Waals surface area contributed by atoms with Crippen LogP contribution >= 0.6 is 35.6 Å². The lowest BCUT2D eigenvalue weighted by Gasteiger charge is -2.33. The highest BCUT2D eigenvalue weighted by Crippen LogP contribution is 2.22. The number of aliphatic imine (C=N–C) groups is 1. The van der Waals surface area contributed by atoms with Crippen molar-refractivity contribution in [3.8, 4) is 0 Å². The van der Waals surface area contributed by atoms with E-state index >= 15 is 0 Å². The molecule has 7 heteroatoms. The van der Waals surface area contributed by atoms with Crippen LogP contribution in [0.25, 0.3) is 0 Å². The SMILES string of the molecule is C=CCN1CCC(NC(=NCC2CCN(Cc3ccccc3Cl)CC2)NCC)CC1.I. The first-order chi connectivity index (χ1) is 14.7. The fourth-order valence-corrected chi connectivity index (χ4v) is 4.57. The van der Waals surface area contributed by atoms with Gasteiger partial charge in [0.25, 0.3) is 0 Å². The van der Waals surface area contributed by atoms with E-state index in [2.05, 4.69) is 46.1 Å². The van der Waals surface area contributed by atoms with Crippen LogP contribution in [-0.2, 0) is 6.54 Å². The van der Waals surface area contributed by atoms with Crippen molar-refractivity contribution in [2.75, 3.05) is 45.8 Å². The molecule has 0 aromatic heterocycles. The van der Waals surface area contributed by atoms with E-state index < -0.39 is 0 Å². The van der Waals surface area contributed by atoms with Gasteiger partial charge in [0.15, 0.2) is 5.96 Å². The highest BCUT2D eigenvalue weighted by Gasteiger charge is 2.21. The minimum Gasteiger partial charge on any atom is -0.357 e. The van der Waals surface area contributed by atoms with Crippen LogP contribution < -0.4 is 10.6 Å². The molecule has 2 fully saturated rings. The molecule has 0 atom stereocenters. The molecule has 2 aliphatic rings. The van der Waals surface area contributed by atoms with Crippen LogP contribution in [0.5, 0.6) is 0 Å². The number of hydrogen-bond donors (Lipinski definition) is 2. The van der Waals surface area contributed by atoms with Gasteiger partial charge in [-0.2, -0.15) is 0 Å². The molecule has 174 valence electrons. The average Bonchev–Trinajstić information content (AvgIpc) is 2.76. The number of hydrogen-bond acceptors (Lipinski definition) is 3. The van der Waals surface area contributed by atoms with Crippen LogP contribution in [0, 0.1) is 5.92 Å². The van der Waals surface area contributed by atoms with Crippen LogP contribution in [0.3, 0.4) is 0 Å². The highest BCUT2D eigenvalue weighted by molar-refractivity contribution is 14.0. The van der Waals surface area contributed by atoms with E-state index in [1.54, 1.807) is 0 Å². The summed E-state index contributed by atoms with van der Waals surface area (Å²) in [7, 11) is 0. The minimum atomic E-state index is 0. The summed E-state index contributed by atoms with van der Waals surface area (Å²) in [5, 5.41) is 7.98. The Morgan fingerprint density at radius 3 is 2.45 bits per heavy atom. The maximum Gasteiger partial charge on any atom is 0.191 e. The normalized spacial score (nSPS) is 19.6. The molecule has 2 heterocycles. The first kappa shape index (κ1) is 26.4. The number of benzene rings is 1. The van der Waals surface area contributed by atoms with Gasteiger partial charge in [0.1, 0.15) is 0 Å². The van der Waals surface area contributed by atoms with E-state index in [-0.39, 0.29) is 24.0 Å². The molecule has 2 N–H and O–H groups in total. The van der Waals surface area contributed by atoms with Gasteiger partial charge in [-0.25, -0.2) is 0 Å². The molecule has 31 heavy (non-hydrogen) atoms. The Kier molecular flexibility index (Phi) is 12.2. The topological polar surface area (TPSA) is 42.9 Å². The van der Waals surface area contributed by atoms with Crippen molar-refractivity contribution in [3.63, 3.8) is 0 Å². The van der Waals surface area contributed by atoms with E-state index in [4.69, 9.17) is 16.6 Å². The molecule has 0 spiro atoms. The second kappa shape index (κ2) is 14.3. The summed E-state index contributed by atoms with van der Waals surface area (Å²) in [4.78, 5) is 9.91. The number of nitrogens with one attached hydrogen (secondary N) is 2. The Bertz CT molecular complexity index is 682. The lowest BCUT2D eigenvalue weighted by molar-refractivity contribution is 0.180. The van der Waals surface area contributed by atoms with Gasteiger partial charge in [-0.05, 0) is 63.2 Å². The summed E-state index contributed by atoms with van der Waals surface area (Å²) < 4.78 is 0. The third-order valence-corrected chi connectivity index (χ3v) is 6.60. The van der Waals surface area contributed by atoms with Gasteiger partial charge in [-0.15, -0.1) is 30.6 Å². The second-order valence-corrected chi connectivity index (χ2v) is 8.95. The summed E-state index contributed by atoms with van der Waals surface area (Å²) in [5.74, 6) is 1.65. The molecule has 0 saturated carbocycles. The molecular weight excluding hydrogens is 521 g/mol. The number of rotatable bonds is 8. The molecule has 0 bridgehead atoms. The molecule has 0 aliphatic carbocycles. The van der Waals surface area contributed by atoms with E-state index in [1.807, 2.05) is 18.2 Å². The van der Waals surface area contributed by atoms with E-state index in [9.17, 15) is 0 Å². The minimum absolute atomic E-state index is 0. The van der Waals surface area contributed by atoms with Crippen LogP contribution in [0.1, 0.15) is 38.2 Å². The number of piperidine rings is 2. The van der Waals surface area contributed by atoms with Crippen LogP contribution in [0.4, 0.5) is 0 Å².